The van der Waals surface area contributed by atoms with Crippen LogP contribution in [-0.4, -0.2) is 19.8 Å². The standard InChI is InChI=1S/C17H27NO2/c1-3-4-11-20-16-10-9-14(12-17(16)19-2)13-18-15-7-5-6-8-15/h9-10,12,15,18H,3-8,11,13H2,1-2H3/p+1. The van der Waals surface area contributed by atoms with Gasteiger partial charge in [-0.2, -0.15) is 0 Å². The second-order valence-corrected chi connectivity index (χ2v) is 5.67. The van der Waals surface area contributed by atoms with Crippen LogP contribution in [0.2, 0.25) is 0 Å². The van der Waals surface area contributed by atoms with Crippen molar-refractivity contribution in [3.8, 4) is 11.5 Å². The number of nitrogens with two attached hydrogens (primary N) is 1. The van der Waals surface area contributed by atoms with Crippen molar-refractivity contribution in [1.82, 2.24) is 0 Å². The third kappa shape index (κ3) is 4.41. The predicted octanol–water partition coefficient (Wildman–Crippen LogP) is 2.88. The second kappa shape index (κ2) is 8.15. The highest BCUT2D eigenvalue weighted by atomic mass is 16.5. The van der Waals surface area contributed by atoms with Gasteiger partial charge in [-0.1, -0.05) is 13.3 Å². The van der Waals surface area contributed by atoms with Crippen molar-refractivity contribution in [2.24, 2.45) is 0 Å². The van der Waals surface area contributed by atoms with E-state index >= 15 is 0 Å². The Kier molecular flexibility index (Phi) is 6.19. The number of hydrogen-bond donors (Lipinski definition) is 1. The zero-order chi connectivity index (χ0) is 14.2. The second-order valence-electron chi connectivity index (χ2n) is 5.67. The van der Waals surface area contributed by atoms with Gasteiger partial charge in [0.15, 0.2) is 11.5 Å². The highest BCUT2D eigenvalue weighted by Crippen LogP contribution is 2.28. The first-order chi connectivity index (χ1) is 9.83. The lowest BCUT2D eigenvalue weighted by atomic mass is 10.1. The van der Waals surface area contributed by atoms with Gasteiger partial charge in [-0.3, -0.25) is 0 Å². The van der Waals surface area contributed by atoms with Gasteiger partial charge in [0.1, 0.15) is 6.54 Å². The van der Waals surface area contributed by atoms with E-state index in [0.717, 1.165) is 43.5 Å². The summed E-state index contributed by atoms with van der Waals surface area (Å²) in [5.41, 5.74) is 1.32. The van der Waals surface area contributed by atoms with Gasteiger partial charge < -0.3 is 14.8 Å². The molecular weight excluding hydrogens is 250 g/mol. The van der Waals surface area contributed by atoms with Crippen LogP contribution < -0.4 is 14.8 Å². The van der Waals surface area contributed by atoms with Gasteiger partial charge in [0.25, 0.3) is 0 Å². The van der Waals surface area contributed by atoms with Crippen molar-refractivity contribution in [2.45, 2.75) is 58.0 Å². The van der Waals surface area contributed by atoms with E-state index in [2.05, 4.69) is 24.4 Å². The van der Waals surface area contributed by atoms with Gasteiger partial charge >= 0.3 is 0 Å². The smallest absolute Gasteiger partial charge is 0.161 e. The molecule has 1 fully saturated rings. The van der Waals surface area contributed by atoms with E-state index in [1.54, 1.807) is 7.11 Å². The number of quaternary nitrogens is 1. The van der Waals surface area contributed by atoms with E-state index in [-0.39, 0.29) is 0 Å². The third-order valence-corrected chi connectivity index (χ3v) is 4.07. The lowest BCUT2D eigenvalue weighted by Gasteiger charge is -2.13. The van der Waals surface area contributed by atoms with Crippen LogP contribution in [-0.2, 0) is 6.54 Å². The number of methoxy groups -OCH3 is 1. The molecule has 0 amide bonds. The number of benzene rings is 1. The molecule has 0 aliphatic heterocycles. The SMILES string of the molecule is CCCCOc1ccc(C[NH2+]C2CCCC2)cc1OC. The molecule has 20 heavy (non-hydrogen) atoms. The topological polar surface area (TPSA) is 35.1 Å². The van der Waals surface area contributed by atoms with Crippen molar-refractivity contribution in [3.05, 3.63) is 23.8 Å². The van der Waals surface area contributed by atoms with Crippen molar-refractivity contribution in [3.63, 3.8) is 0 Å². The molecule has 3 heteroatoms. The minimum atomic E-state index is 0.764. The lowest BCUT2D eigenvalue weighted by Crippen LogP contribution is -2.87. The minimum Gasteiger partial charge on any atom is -0.493 e. The van der Waals surface area contributed by atoms with Gasteiger partial charge in [0, 0.05) is 5.56 Å². The molecule has 2 N–H and O–H groups in total. The molecule has 112 valence electrons. The molecule has 0 atom stereocenters. The molecule has 2 rings (SSSR count). The molecule has 0 heterocycles. The zero-order valence-corrected chi connectivity index (χ0v) is 12.9. The molecule has 1 aliphatic rings. The van der Waals surface area contributed by atoms with Crippen molar-refractivity contribution < 1.29 is 14.8 Å². The van der Waals surface area contributed by atoms with Crippen molar-refractivity contribution in [1.29, 1.82) is 0 Å². The Labute approximate surface area is 122 Å². The van der Waals surface area contributed by atoms with E-state index in [1.807, 2.05) is 6.07 Å². The Morgan fingerprint density at radius 3 is 2.70 bits per heavy atom. The summed E-state index contributed by atoms with van der Waals surface area (Å²) in [6.45, 7) is 3.97. The first kappa shape index (κ1) is 15.2. The third-order valence-electron chi connectivity index (χ3n) is 4.07. The maximum atomic E-state index is 5.77. The van der Waals surface area contributed by atoms with E-state index in [1.165, 1.54) is 31.2 Å². The molecule has 0 spiro atoms. The molecule has 0 unspecified atom stereocenters. The van der Waals surface area contributed by atoms with Crippen LogP contribution >= 0.6 is 0 Å². The summed E-state index contributed by atoms with van der Waals surface area (Å²) in [5.74, 6) is 1.73. The average Bonchev–Trinajstić information content (AvgIpc) is 2.99. The van der Waals surface area contributed by atoms with Crippen LogP contribution in [0.4, 0.5) is 0 Å². The molecule has 0 aromatic heterocycles. The first-order valence-electron chi connectivity index (χ1n) is 7.96. The number of unbranched alkanes of at least 4 members (excludes halogenated alkanes) is 1. The van der Waals surface area contributed by atoms with Crippen molar-refractivity contribution in [2.75, 3.05) is 13.7 Å². The van der Waals surface area contributed by atoms with Crippen LogP contribution in [0.5, 0.6) is 11.5 Å². The number of rotatable bonds is 8. The van der Waals surface area contributed by atoms with Gasteiger partial charge in [-0.25, -0.2) is 0 Å². The van der Waals surface area contributed by atoms with E-state index < -0.39 is 0 Å². The minimum absolute atomic E-state index is 0.764. The first-order valence-corrected chi connectivity index (χ1v) is 7.96. The predicted molar refractivity (Wildman–Crippen MR) is 81.3 cm³/mol. The average molecular weight is 278 g/mol. The Morgan fingerprint density at radius 1 is 1.20 bits per heavy atom. The summed E-state index contributed by atoms with van der Waals surface area (Å²) in [4.78, 5) is 0. The van der Waals surface area contributed by atoms with Crippen LogP contribution in [0.25, 0.3) is 0 Å². The summed E-state index contributed by atoms with van der Waals surface area (Å²) in [5, 5.41) is 2.47. The zero-order valence-electron chi connectivity index (χ0n) is 12.9. The van der Waals surface area contributed by atoms with E-state index in [9.17, 15) is 0 Å². The fourth-order valence-electron chi connectivity index (χ4n) is 2.78. The molecule has 0 saturated heterocycles. The van der Waals surface area contributed by atoms with Crippen LogP contribution in [0.1, 0.15) is 51.0 Å². The quantitative estimate of drug-likeness (QED) is 0.742. The summed E-state index contributed by atoms with van der Waals surface area (Å²) >= 11 is 0. The molecule has 1 aromatic carbocycles. The summed E-state index contributed by atoms with van der Waals surface area (Å²) < 4.78 is 11.2. The van der Waals surface area contributed by atoms with Gasteiger partial charge in [-0.15, -0.1) is 0 Å². The lowest BCUT2D eigenvalue weighted by molar-refractivity contribution is -0.703. The van der Waals surface area contributed by atoms with Crippen molar-refractivity contribution >= 4 is 0 Å². The molecule has 1 aliphatic carbocycles. The molecule has 0 radical (unpaired) electrons. The molecule has 1 saturated carbocycles. The highest BCUT2D eigenvalue weighted by molar-refractivity contribution is 5.42. The summed E-state index contributed by atoms with van der Waals surface area (Å²) in [6.07, 6.45) is 7.77. The highest BCUT2D eigenvalue weighted by Gasteiger charge is 2.17. The normalized spacial score (nSPS) is 15.5. The maximum absolute atomic E-state index is 5.77. The Morgan fingerprint density at radius 2 is 2.00 bits per heavy atom. The maximum Gasteiger partial charge on any atom is 0.161 e. The monoisotopic (exact) mass is 278 g/mol. The summed E-state index contributed by atoms with van der Waals surface area (Å²) in [6, 6.07) is 7.15. The Balaban J connectivity index is 1.89. The van der Waals surface area contributed by atoms with Gasteiger partial charge in [0.2, 0.25) is 0 Å². The molecule has 1 aromatic rings. The van der Waals surface area contributed by atoms with Crippen LogP contribution in [0.3, 0.4) is 0 Å². The van der Waals surface area contributed by atoms with Gasteiger partial charge in [-0.05, 0) is 50.3 Å². The van der Waals surface area contributed by atoms with E-state index in [0.29, 0.717) is 0 Å². The number of hydrogen-bond acceptors (Lipinski definition) is 2. The molecule has 0 bridgehead atoms. The van der Waals surface area contributed by atoms with Gasteiger partial charge in [0.05, 0.1) is 19.8 Å². The Bertz CT molecular complexity index is 400. The molecule has 3 nitrogen and oxygen atoms in total. The van der Waals surface area contributed by atoms with Crippen LogP contribution in [0, 0.1) is 0 Å². The fourth-order valence-corrected chi connectivity index (χ4v) is 2.78. The fraction of sp³-hybridized carbons (Fsp3) is 0.647. The number of ether oxygens (including phenoxy) is 2. The Hall–Kier alpha value is -1.22. The molecular formula is C17H28NO2+. The summed E-state index contributed by atoms with van der Waals surface area (Å²) in [7, 11) is 1.71. The largest absolute Gasteiger partial charge is 0.493 e. The van der Waals surface area contributed by atoms with Crippen LogP contribution in [0.15, 0.2) is 18.2 Å². The van der Waals surface area contributed by atoms with E-state index in [4.69, 9.17) is 9.47 Å².